The van der Waals surface area contributed by atoms with Crippen molar-refractivity contribution in [3.63, 3.8) is 0 Å². The first-order valence-electron chi connectivity index (χ1n) is 9.94. The van der Waals surface area contributed by atoms with Gasteiger partial charge in [0.05, 0.1) is 0 Å². The number of nitrogens with one attached hydrogen (secondary N) is 1. The van der Waals surface area contributed by atoms with Crippen molar-refractivity contribution < 1.29 is 0 Å². The summed E-state index contributed by atoms with van der Waals surface area (Å²) in [5.41, 5.74) is 2.94. The lowest BCUT2D eigenvalue weighted by atomic mass is 9.96. The molecule has 2 atom stereocenters. The fourth-order valence-electron chi connectivity index (χ4n) is 4.14. The Bertz CT molecular complexity index is 490. The van der Waals surface area contributed by atoms with E-state index in [-0.39, 0.29) is 0 Å². The van der Waals surface area contributed by atoms with Gasteiger partial charge in [-0.3, -0.25) is 4.90 Å². The van der Waals surface area contributed by atoms with E-state index in [1.807, 2.05) is 0 Å². The van der Waals surface area contributed by atoms with Gasteiger partial charge in [0.15, 0.2) is 0 Å². The lowest BCUT2D eigenvalue weighted by molar-refractivity contribution is 0.0928. The molecule has 0 spiro atoms. The third-order valence-electron chi connectivity index (χ3n) is 5.92. The molecule has 0 amide bonds. The molecule has 2 aliphatic heterocycles. The monoisotopic (exact) mass is 329 g/mol. The first-order chi connectivity index (χ1) is 11.7. The quantitative estimate of drug-likeness (QED) is 0.894. The summed E-state index contributed by atoms with van der Waals surface area (Å²) in [6.45, 7) is 14.1. The summed E-state index contributed by atoms with van der Waals surface area (Å²) >= 11 is 0. The molecule has 24 heavy (non-hydrogen) atoms. The Morgan fingerprint density at radius 2 is 1.79 bits per heavy atom. The molecule has 1 aromatic rings. The lowest BCUT2D eigenvalue weighted by Crippen LogP contribution is -2.52. The third-order valence-corrected chi connectivity index (χ3v) is 5.92. The van der Waals surface area contributed by atoms with Crippen LogP contribution in [0.1, 0.15) is 50.8 Å². The second kappa shape index (κ2) is 8.46. The van der Waals surface area contributed by atoms with Crippen LogP contribution in [0.2, 0.25) is 0 Å². The van der Waals surface area contributed by atoms with Gasteiger partial charge in [-0.15, -0.1) is 0 Å². The van der Waals surface area contributed by atoms with Crippen LogP contribution in [0.4, 0.5) is 0 Å². The molecule has 1 aromatic carbocycles. The van der Waals surface area contributed by atoms with E-state index in [0.717, 1.165) is 32.0 Å². The Morgan fingerprint density at radius 3 is 2.42 bits per heavy atom. The minimum Gasteiger partial charge on any atom is -0.312 e. The highest BCUT2D eigenvalue weighted by Gasteiger charge is 2.27. The number of aryl methyl sites for hydroxylation is 1. The van der Waals surface area contributed by atoms with Crippen molar-refractivity contribution in [2.24, 2.45) is 5.92 Å². The van der Waals surface area contributed by atoms with Crippen LogP contribution in [-0.4, -0.2) is 55.1 Å². The second-order valence-electron chi connectivity index (χ2n) is 7.94. The fraction of sp³-hybridized carbons (Fsp3) is 0.714. The smallest absolute Gasteiger partial charge is 0.0476 e. The van der Waals surface area contributed by atoms with Crippen LogP contribution in [-0.2, 0) is 6.42 Å². The number of hydrogen-bond acceptors (Lipinski definition) is 3. The van der Waals surface area contributed by atoms with Crippen LogP contribution >= 0.6 is 0 Å². The van der Waals surface area contributed by atoms with Gasteiger partial charge in [0.1, 0.15) is 0 Å². The SMILES string of the molecule is CCc1ccc(C(CN2CCC(C)CC2)N2CCNC(C)C2)cc1. The van der Waals surface area contributed by atoms with Gasteiger partial charge in [0, 0.05) is 38.3 Å². The van der Waals surface area contributed by atoms with Crippen LogP contribution in [0.5, 0.6) is 0 Å². The average Bonchev–Trinajstić information content (AvgIpc) is 2.61. The molecule has 2 aliphatic rings. The van der Waals surface area contributed by atoms with Gasteiger partial charge >= 0.3 is 0 Å². The van der Waals surface area contributed by atoms with E-state index >= 15 is 0 Å². The van der Waals surface area contributed by atoms with E-state index in [0.29, 0.717) is 12.1 Å². The molecule has 2 heterocycles. The molecule has 0 aromatic heterocycles. The number of piperidine rings is 1. The fourth-order valence-corrected chi connectivity index (χ4v) is 4.14. The predicted molar refractivity (Wildman–Crippen MR) is 102 cm³/mol. The maximum atomic E-state index is 3.59. The van der Waals surface area contributed by atoms with Crippen LogP contribution in [0.25, 0.3) is 0 Å². The van der Waals surface area contributed by atoms with Gasteiger partial charge < -0.3 is 10.2 Å². The van der Waals surface area contributed by atoms with E-state index in [9.17, 15) is 0 Å². The van der Waals surface area contributed by atoms with Crippen molar-refractivity contribution in [3.8, 4) is 0 Å². The second-order valence-corrected chi connectivity index (χ2v) is 7.94. The minimum absolute atomic E-state index is 0.536. The van der Waals surface area contributed by atoms with Gasteiger partial charge in [0.2, 0.25) is 0 Å². The highest BCUT2D eigenvalue weighted by molar-refractivity contribution is 5.25. The standard InChI is InChI=1S/C21H35N3/c1-4-19-5-7-20(8-6-19)21(24-14-11-22-18(3)15-24)16-23-12-9-17(2)10-13-23/h5-8,17-18,21-22H,4,9-16H2,1-3H3. The van der Waals surface area contributed by atoms with Gasteiger partial charge in [-0.25, -0.2) is 0 Å². The van der Waals surface area contributed by atoms with Crippen molar-refractivity contribution in [3.05, 3.63) is 35.4 Å². The molecule has 0 aliphatic carbocycles. The van der Waals surface area contributed by atoms with Crippen molar-refractivity contribution >= 4 is 0 Å². The van der Waals surface area contributed by atoms with Crippen molar-refractivity contribution in [1.82, 2.24) is 15.1 Å². The number of likely N-dealkylation sites (tertiary alicyclic amines) is 1. The summed E-state index contributed by atoms with van der Waals surface area (Å²) in [6.07, 6.45) is 3.85. The number of rotatable bonds is 5. The molecule has 0 bridgehead atoms. The lowest BCUT2D eigenvalue weighted by Gasteiger charge is -2.41. The summed E-state index contributed by atoms with van der Waals surface area (Å²) in [6, 6.07) is 10.5. The van der Waals surface area contributed by atoms with Gasteiger partial charge in [0.25, 0.3) is 0 Å². The van der Waals surface area contributed by atoms with Crippen LogP contribution in [0.15, 0.2) is 24.3 Å². The summed E-state index contributed by atoms with van der Waals surface area (Å²) in [4.78, 5) is 5.41. The molecular weight excluding hydrogens is 294 g/mol. The van der Waals surface area contributed by atoms with E-state index in [1.54, 1.807) is 0 Å². The number of piperazine rings is 1. The molecule has 134 valence electrons. The van der Waals surface area contributed by atoms with Crippen LogP contribution < -0.4 is 5.32 Å². The molecule has 3 rings (SSSR count). The molecule has 3 heteroatoms. The third kappa shape index (κ3) is 4.59. The highest BCUT2D eigenvalue weighted by atomic mass is 15.3. The van der Waals surface area contributed by atoms with Crippen LogP contribution in [0, 0.1) is 5.92 Å². The Hall–Kier alpha value is -0.900. The first-order valence-corrected chi connectivity index (χ1v) is 9.94. The molecule has 0 radical (unpaired) electrons. The summed E-state index contributed by atoms with van der Waals surface area (Å²) in [5, 5.41) is 3.59. The number of nitrogens with zero attached hydrogens (tertiary/aromatic N) is 2. The van der Waals surface area contributed by atoms with E-state index in [4.69, 9.17) is 0 Å². The maximum absolute atomic E-state index is 3.59. The Kier molecular flexibility index (Phi) is 6.31. The summed E-state index contributed by atoms with van der Waals surface area (Å²) in [7, 11) is 0. The molecule has 2 fully saturated rings. The first kappa shape index (κ1) is 17.9. The Labute approximate surface area is 148 Å². The van der Waals surface area contributed by atoms with Crippen molar-refractivity contribution in [2.75, 3.05) is 39.3 Å². The maximum Gasteiger partial charge on any atom is 0.0476 e. The normalized spacial score (nSPS) is 25.7. The van der Waals surface area contributed by atoms with Crippen LogP contribution in [0.3, 0.4) is 0 Å². The average molecular weight is 330 g/mol. The molecule has 0 saturated carbocycles. The predicted octanol–water partition coefficient (Wildman–Crippen LogP) is 3.32. The van der Waals surface area contributed by atoms with E-state index < -0.39 is 0 Å². The molecule has 2 saturated heterocycles. The molecule has 3 nitrogen and oxygen atoms in total. The molecule has 2 unspecified atom stereocenters. The Balaban J connectivity index is 1.74. The zero-order valence-corrected chi connectivity index (χ0v) is 15.8. The van der Waals surface area contributed by atoms with E-state index in [1.165, 1.54) is 43.6 Å². The van der Waals surface area contributed by atoms with Crippen molar-refractivity contribution in [1.29, 1.82) is 0 Å². The van der Waals surface area contributed by atoms with Gasteiger partial charge in [-0.1, -0.05) is 38.1 Å². The largest absolute Gasteiger partial charge is 0.312 e. The Morgan fingerprint density at radius 1 is 1.08 bits per heavy atom. The summed E-state index contributed by atoms with van der Waals surface area (Å²) in [5.74, 6) is 0.905. The van der Waals surface area contributed by atoms with E-state index in [2.05, 4.69) is 60.2 Å². The number of hydrogen-bond donors (Lipinski definition) is 1. The zero-order chi connectivity index (χ0) is 16.9. The topological polar surface area (TPSA) is 18.5 Å². The molecule has 1 N–H and O–H groups in total. The van der Waals surface area contributed by atoms with Crippen molar-refractivity contribution in [2.45, 2.75) is 52.1 Å². The van der Waals surface area contributed by atoms with Gasteiger partial charge in [-0.05, 0) is 56.3 Å². The van der Waals surface area contributed by atoms with Gasteiger partial charge in [-0.2, -0.15) is 0 Å². The molecular formula is C21H35N3. The minimum atomic E-state index is 0.536. The zero-order valence-electron chi connectivity index (χ0n) is 15.8. The number of benzene rings is 1. The summed E-state index contributed by atoms with van der Waals surface area (Å²) < 4.78 is 0. The highest BCUT2D eigenvalue weighted by Crippen LogP contribution is 2.26.